The smallest absolute Gasteiger partial charge is 0.116 e. The van der Waals surface area contributed by atoms with Gasteiger partial charge in [0.05, 0.1) is 11.4 Å². The molecule has 2 aromatic heterocycles. The van der Waals surface area contributed by atoms with Crippen LogP contribution in [-0.2, 0) is 6.42 Å². The lowest BCUT2D eigenvalue weighted by Crippen LogP contribution is -2.29. The van der Waals surface area contributed by atoms with Crippen LogP contribution in [0.5, 0.6) is 0 Å². The second-order valence-electron chi connectivity index (χ2n) is 5.18. The maximum Gasteiger partial charge on any atom is 0.116 e. The van der Waals surface area contributed by atoms with Gasteiger partial charge in [-0.2, -0.15) is 0 Å². The van der Waals surface area contributed by atoms with Crippen LogP contribution in [-0.4, -0.2) is 16.0 Å². The van der Waals surface area contributed by atoms with E-state index >= 15 is 0 Å². The number of thiazole rings is 1. The Morgan fingerprint density at radius 1 is 1.33 bits per heavy atom. The Labute approximate surface area is 146 Å². The van der Waals surface area contributed by atoms with Gasteiger partial charge in [0.1, 0.15) is 11.0 Å². The molecule has 0 spiro atoms. The summed E-state index contributed by atoms with van der Waals surface area (Å²) in [5, 5.41) is 4.65. The van der Waals surface area contributed by atoms with E-state index in [1.54, 1.807) is 11.3 Å². The zero-order valence-corrected chi connectivity index (χ0v) is 16.6. The molecule has 1 N–H and O–H groups in total. The number of hydrogen-bond donors (Lipinski definition) is 1. The van der Waals surface area contributed by atoms with Crippen molar-refractivity contribution < 1.29 is 0 Å². The molecule has 2 aromatic rings. The number of aryl methyl sites for hydroxylation is 2. The molecule has 0 saturated heterocycles. The first kappa shape index (κ1) is 17.1. The van der Waals surface area contributed by atoms with Crippen molar-refractivity contribution in [2.45, 2.75) is 46.2 Å². The summed E-state index contributed by atoms with van der Waals surface area (Å²) in [6.45, 7) is 8.56. The van der Waals surface area contributed by atoms with E-state index in [1.807, 2.05) is 12.3 Å². The summed E-state index contributed by atoms with van der Waals surface area (Å²) in [6.07, 6.45) is 2.79. The minimum absolute atomic E-state index is 0.0106. The average molecular weight is 433 g/mol. The first-order chi connectivity index (χ1) is 9.92. The van der Waals surface area contributed by atoms with Gasteiger partial charge >= 0.3 is 0 Å². The topological polar surface area (TPSA) is 37.8 Å². The summed E-state index contributed by atoms with van der Waals surface area (Å²) in [7, 11) is 0. The molecule has 0 bridgehead atoms. The van der Waals surface area contributed by atoms with Crippen molar-refractivity contribution in [3.63, 3.8) is 0 Å². The molecule has 114 valence electrons. The molecule has 0 fully saturated rings. The van der Waals surface area contributed by atoms with Crippen molar-refractivity contribution in [1.29, 1.82) is 0 Å². The summed E-state index contributed by atoms with van der Waals surface area (Å²) < 4.78 is 1.95. The highest BCUT2D eigenvalue weighted by atomic mass is 79.9. The van der Waals surface area contributed by atoms with Crippen LogP contribution >= 0.6 is 43.2 Å². The van der Waals surface area contributed by atoms with Crippen molar-refractivity contribution in [1.82, 2.24) is 15.3 Å². The Bertz CT molecular complexity index is 625. The fraction of sp³-hybridized carbons (Fsp3) is 0.467. The molecule has 0 aromatic carbocycles. The summed E-state index contributed by atoms with van der Waals surface area (Å²) in [5.74, 6) is 0. The molecule has 0 aliphatic rings. The summed E-state index contributed by atoms with van der Waals surface area (Å²) in [5.41, 5.74) is 2.15. The molecule has 0 aliphatic heterocycles. The lowest BCUT2D eigenvalue weighted by molar-refractivity contribution is 0.516. The minimum Gasteiger partial charge on any atom is -0.301 e. The fourth-order valence-corrected chi connectivity index (χ4v) is 4.43. The van der Waals surface area contributed by atoms with Gasteiger partial charge in [0, 0.05) is 26.1 Å². The second-order valence-corrected chi connectivity index (χ2v) is 8.19. The number of halogens is 2. The predicted molar refractivity (Wildman–Crippen MR) is 96.0 cm³/mol. The van der Waals surface area contributed by atoms with E-state index < -0.39 is 0 Å². The lowest BCUT2D eigenvalue weighted by atomic mass is 10.1. The van der Waals surface area contributed by atoms with Crippen LogP contribution in [0.1, 0.15) is 48.1 Å². The third kappa shape index (κ3) is 4.12. The van der Waals surface area contributed by atoms with E-state index in [2.05, 4.69) is 69.9 Å². The first-order valence-electron chi connectivity index (χ1n) is 6.95. The average Bonchev–Trinajstić information content (AvgIpc) is 2.77. The van der Waals surface area contributed by atoms with Gasteiger partial charge in [0.2, 0.25) is 0 Å². The molecule has 2 rings (SSSR count). The molecular weight excluding hydrogens is 414 g/mol. The highest BCUT2D eigenvalue weighted by Crippen LogP contribution is 2.32. The molecule has 0 aliphatic carbocycles. The minimum atomic E-state index is 0.0106. The van der Waals surface area contributed by atoms with Crippen LogP contribution in [0, 0.1) is 6.92 Å². The third-order valence-electron chi connectivity index (χ3n) is 3.10. The number of nitrogens with zero attached hydrogens (tertiary/aromatic N) is 2. The van der Waals surface area contributed by atoms with Gasteiger partial charge in [-0.25, -0.2) is 4.98 Å². The molecule has 0 amide bonds. The van der Waals surface area contributed by atoms with E-state index in [9.17, 15) is 0 Å². The Hall–Kier alpha value is -0.300. The zero-order valence-electron chi connectivity index (χ0n) is 12.6. The standard InChI is InChI=1S/C15H19Br2N3S/c1-5-12-9(4)21-15(20-12)14(19-8(2)3)13-11(17)6-10(16)7-18-13/h6-8,14,19H,5H2,1-4H3. The van der Waals surface area contributed by atoms with Crippen molar-refractivity contribution in [3.05, 3.63) is 42.5 Å². The second kappa shape index (κ2) is 7.31. The van der Waals surface area contributed by atoms with E-state index in [-0.39, 0.29) is 6.04 Å². The summed E-state index contributed by atoms with van der Waals surface area (Å²) in [6, 6.07) is 2.39. The Morgan fingerprint density at radius 2 is 2.05 bits per heavy atom. The molecule has 6 heteroatoms. The Balaban J connectivity index is 2.46. The zero-order chi connectivity index (χ0) is 15.6. The summed E-state index contributed by atoms with van der Waals surface area (Å²) >= 11 is 8.83. The highest BCUT2D eigenvalue weighted by molar-refractivity contribution is 9.11. The number of rotatable bonds is 5. The van der Waals surface area contributed by atoms with Crippen LogP contribution in [0.25, 0.3) is 0 Å². The molecular formula is C15H19Br2N3S. The fourth-order valence-electron chi connectivity index (χ4n) is 2.14. The SMILES string of the molecule is CCc1nc(C(NC(C)C)c2ncc(Br)cc2Br)sc1C. The van der Waals surface area contributed by atoms with Gasteiger partial charge in [-0.15, -0.1) is 11.3 Å². The lowest BCUT2D eigenvalue weighted by Gasteiger charge is -2.20. The quantitative estimate of drug-likeness (QED) is 0.720. The van der Waals surface area contributed by atoms with Crippen LogP contribution in [0.2, 0.25) is 0 Å². The first-order valence-corrected chi connectivity index (χ1v) is 9.35. The third-order valence-corrected chi connectivity index (χ3v) is 5.25. The van der Waals surface area contributed by atoms with Gasteiger partial charge in [-0.1, -0.05) is 6.92 Å². The summed E-state index contributed by atoms with van der Waals surface area (Å²) in [4.78, 5) is 10.7. The van der Waals surface area contributed by atoms with E-state index in [1.165, 1.54) is 10.6 Å². The van der Waals surface area contributed by atoms with Crippen LogP contribution in [0.3, 0.4) is 0 Å². The molecule has 21 heavy (non-hydrogen) atoms. The van der Waals surface area contributed by atoms with Gasteiger partial charge < -0.3 is 5.32 Å². The van der Waals surface area contributed by atoms with Crippen molar-refractivity contribution in [2.75, 3.05) is 0 Å². The Kier molecular flexibility index (Phi) is 5.94. The van der Waals surface area contributed by atoms with Crippen molar-refractivity contribution in [2.24, 2.45) is 0 Å². The van der Waals surface area contributed by atoms with Gasteiger partial charge in [-0.3, -0.25) is 4.98 Å². The normalized spacial score (nSPS) is 12.9. The molecule has 3 nitrogen and oxygen atoms in total. The predicted octanol–water partition coefficient (Wildman–Crippen LogP) is 5.02. The van der Waals surface area contributed by atoms with Crippen molar-refractivity contribution in [3.8, 4) is 0 Å². The molecule has 0 radical (unpaired) electrons. The van der Waals surface area contributed by atoms with Crippen LogP contribution in [0.15, 0.2) is 21.2 Å². The molecule has 0 saturated carbocycles. The van der Waals surface area contributed by atoms with Gasteiger partial charge in [0.25, 0.3) is 0 Å². The molecule has 1 atom stereocenters. The van der Waals surface area contributed by atoms with Gasteiger partial charge in [-0.05, 0) is 65.1 Å². The van der Waals surface area contributed by atoms with E-state index in [0.29, 0.717) is 6.04 Å². The maximum absolute atomic E-state index is 4.81. The number of aromatic nitrogens is 2. The number of hydrogen-bond acceptors (Lipinski definition) is 4. The molecule has 2 heterocycles. The molecule has 1 unspecified atom stereocenters. The van der Waals surface area contributed by atoms with E-state index in [0.717, 1.165) is 26.1 Å². The maximum atomic E-state index is 4.81. The highest BCUT2D eigenvalue weighted by Gasteiger charge is 2.23. The van der Waals surface area contributed by atoms with Crippen LogP contribution < -0.4 is 5.32 Å². The number of nitrogens with one attached hydrogen (secondary N) is 1. The van der Waals surface area contributed by atoms with E-state index in [4.69, 9.17) is 4.98 Å². The van der Waals surface area contributed by atoms with Gasteiger partial charge in [0.15, 0.2) is 0 Å². The number of pyridine rings is 1. The monoisotopic (exact) mass is 431 g/mol. The van der Waals surface area contributed by atoms with Crippen molar-refractivity contribution >= 4 is 43.2 Å². The Morgan fingerprint density at radius 3 is 2.57 bits per heavy atom. The largest absolute Gasteiger partial charge is 0.301 e. The van der Waals surface area contributed by atoms with Crippen LogP contribution in [0.4, 0.5) is 0 Å².